The molecule has 1 atom stereocenters. The van der Waals surface area contributed by atoms with E-state index in [1.165, 1.54) is 12.8 Å². The lowest BCUT2D eigenvalue weighted by Crippen LogP contribution is -2.44. The van der Waals surface area contributed by atoms with Gasteiger partial charge in [0.25, 0.3) is 0 Å². The summed E-state index contributed by atoms with van der Waals surface area (Å²) in [5.74, 6) is -0.743. The molecular weight excluding hydrogens is 222 g/mol. The maximum atomic E-state index is 11.4. The first-order valence-corrected chi connectivity index (χ1v) is 6.16. The van der Waals surface area contributed by atoms with Gasteiger partial charge in [0, 0.05) is 0 Å². The maximum absolute atomic E-state index is 11.4. The summed E-state index contributed by atoms with van der Waals surface area (Å²) in [6.45, 7) is 3.89. The number of alkyl carbamates (subject to hydrolysis) is 1. The van der Waals surface area contributed by atoms with Crippen LogP contribution < -0.4 is 5.32 Å². The van der Waals surface area contributed by atoms with Crippen LogP contribution >= 0.6 is 0 Å². The number of rotatable bonds is 5. The topological polar surface area (TPSA) is 75.6 Å². The van der Waals surface area contributed by atoms with Crippen molar-refractivity contribution in [3.8, 4) is 0 Å². The van der Waals surface area contributed by atoms with Gasteiger partial charge in [0.15, 0.2) is 0 Å². The number of ether oxygens (including phenoxy) is 1. The molecule has 0 heterocycles. The highest BCUT2D eigenvalue weighted by Gasteiger charge is 2.24. The van der Waals surface area contributed by atoms with Gasteiger partial charge in [-0.25, -0.2) is 9.59 Å². The van der Waals surface area contributed by atoms with Crippen molar-refractivity contribution in [2.45, 2.75) is 45.6 Å². The van der Waals surface area contributed by atoms with Gasteiger partial charge in [0.2, 0.25) is 0 Å². The predicted octanol–water partition coefficient (Wildman–Crippen LogP) is 2.01. The van der Waals surface area contributed by atoms with Crippen molar-refractivity contribution in [2.75, 3.05) is 6.61 Å². The molecule has 0 aliphatic heterocycles. The largest absolute Gasteiger partial charge is 0.480 e. The Hall–Kier alpha value is -1.26. The number of hydrogen-bond acceptors (Lipinski definition) is 3. The summed E-state index contributed by atoms with van der Waals surface area (Å²) >= 11 is 0. The second kappa shape index (κ2) is 6.47. The zero-order valence-corrected chi connectivity index (χ0v) is 10.4. The summed E-state index contributed by atoms with van der Waals surface area (Å²) < 4.78 is 5.04. The van der Waals surface area contributed by atoms with Gasteiger partial charge in [-0.15, -0.1) is 0 Å². The first kappa shape index (κ1) is 13.8. The van der Waals surface area contributed by atoms with Crippen LogP contribution in [0.25, 0.3) is 0 Å². The number of carbonyl (C=O) groups excluding carboxylic acids is 1. The van der Waals surface area contributed by atoms with E-state index in [-0.39, 0.29) is 5.92 Å². The number of nitrogens with one attached hydrogen (secondary N) is 1. The Morgan fingerprint density at radius 2 is 1.94 bits per heavy atom. The van der Waals surface area contributed by atoms with Crippen LogP contribution in [0.1, 0.15) is 39.5 Å². The number of aliphatic carboxylic acids is 1. The number of amides is 1. The summed E-state index contributed by atoms with van der Waals surface area (Å²) in [5.41, 5.74) is 0. The molecule has 1 fully saturated rings. The molecule has 1 amide bonds. The van der Waals surface area contributed by atoms with Gasteiger partial charge >= 0.3 is 12.1 Å². The second-order valence-corrected chi connectivity index (χ2v) is 4.95. The molecule has 0 aromatic rings. The van der Waals surface area contributed by atoms with Gasteiger partial charge in [0.05, 0.1) is 6.61 Å². The minimum Gasteiger partial charge on any atom is -0.480 e. The van der Waals surface area contributed by atoms with Crippen molar-refractivity contribution in [2.24, 2.45) is 11.8 Å². The zero-order chi connectivity index (χ0) is 12.8. The van der Waals surface area contributed by atoms with Gasteiger partial charge in [-0.2, -0.15) is 0 Å². The van der Waals surface area contributed by atoms with Gasteiger partial charge < -0.3 is 15.2 Å². The van der Waals surface area contributed by atoms with Crippen LogP contribution in [0.3, 0.4) is 0 Å². The molecular formula is C12H21NO4. The van der Waals surface area contributed by atoms with E-state index < -0.39 is 18.1 Å². The van der Waals surface area contributed by atoms with Crippen LogP contribution in [0, 0.1) is 11.8 Å². The highest BCUT2D eigenvalue weighted by Crippen LogP contribution is 2.24. The van der Waals surface area contributed by atoms with E-state index in [0.717, 1.165) is 12.8 Å². The number of carboxylic acid groups (broad SMARTS) is 1. The maximum Gasteiger partial charge on any atom is 0.407 e. The molecule has 0 radical (unpaired) electrons. The van der Waals surface area contributed by atoms with Crippen LogP contribution in [0.15, 0.2) is 0 Å². The third kappa shape index (κ3) is 4.63. The van der Waals surface area contributed by atoms with E-state index in [4.69, 9.17) is 9.84 Å². The van der Waals surface area contributed by atoms with Crippen molar-refractivity contribution in [1.82, 2.24) is 5.32 Å². The number of carboxylic acids is 1. The molecule has 0 aromatic heterocycles. The fraction of sp³-hybridized carbons (Fsp3) is 0.833. The highest BCUT2D eigenvalue weighted by molar-refractivity contribution is 5.80. The lowest BCUT2D eigenvalue weighted by molar-refractivity contribution is -0.140. The molecule has 0 spiro atoms. The average molecular weight is 243 g/mol. The summed E-state index contributed by atoms with van der Waals surface area (Å²) in [6, 6.07) is -0.883. The fourth-order valence-electron chi connectivity index (χ4n) is 2.05. The van der Waals surface area contributed by atoms with Gasteiger partial charge in [-0.1, -0.05) is 26.7 Å². The molecule has 1 aliphatic carbocycles. The third-order valence-corrected chi connectivity index (χ3v) is 3.13. The van der Waals surface area contributed by atoms with Gasteiger partial charge in [-0.05, 0) is 24.7 Å². The van der Waals surface area contributed by atoms with Gasteiger partial charge in [-0.3, -0.25) is 0 Å². The highest BCUT2D eigenvalue weighted by atomic mass is 16.5. The minimum atomic E-state index is -1.03. The lowest BCUT2D eigenvalue weighted by Gasteiger charge is -2.18. The van der Waals surface area contributed by atoms with Crippen LogP contribution in [0.2, 0.25) is 0 Å². The van der Waals surface area contributed by atoms with Crippen molar-refractivity contribution in [3.05, 3.63) is 0 Å². The van der Waals surface area contributed by atoms with Crippen LogP contribution in [-0.2, 0) is 9.53 Å². The molecule has 1 saturated carbocycles. The summed E-state index contributed by atoms with van der Waals surface area (Å²) in [4.78, 5) is 22.3. The molecule has 1 rings (SSSR count). The van der Waals surface area contributed by atoms with Crippen LogP contribution in [0.4, 0.5) is 4.79 Å². The Labute approximate surface area is 102 Å². The average Bonchev–Trinajstić information content (AvgIpc) is 2.74. The monoisotopic (exact) mass is 243 g/mol. The summed E-state index contributed by atoms with van der Waals surface area (Å²) in [7, 11) is 0. The van der Waals surface area contributed by atoms with E-state index in [1.807, 2.05) is 0 Å². The van der Waals surface area contributed by atoms with Crippen molar-refractivity contribution in [3.63, 3.8) is 0 Å². The molecule has 0 bridgehead atoms. The van der Waals surface area contributed by atoms with E-state index >= 15 is 0 Å². The molecule has 5 heteroatoms. The van der Waals surface area contributed by atoms with Crippen LogP contribution in [0.5, 0.6) is 0 Å². The molecule has 1 aliphatic rings. The molecule has 0 saturated heterocycles. The van der Waals surface area contributed by atoms with Gasteiger partial charge in [0.1, 0.15) is 6.04 Å². The molecule has 17 heavy (non-hydrogen) atoms. The van der Waals surface area contributed by atoms with Crippen molar-refractivity contribution < 1.29 is 19.4 Å². The van der Waals surface area contributed by atoms with Crippen molar-refractivity contribution in [1.29, 1.82) is 0 Å². The Kier molecular flexibility index (Phi) is 5.25. The SMILES string of the molecule is CC(C)[C@H](NC(=O)OCC1CCCC1)C(=O)O. The summed E-state index contributed by atoms with van der Waals surface area (Å²) in [6.07, 6.45) is 3.95. The molecule has 0 aromatic carbocycles. The Balaban J connectivity index is 2.29. The predicted molar refractivity (Wildman–Crippen MR) is 62.7 cm³/mol. The van der Waals surface area contributed by atoms with E-state index in [9.17, 15) is 9.59 Å². The first-order valence-electron chi connectivity index (χ1n) is 6.16. The first-order chi connectivity index (χ1) is 8.00. The van der Waals surface area contributed by atoms with E-state index in [2.05, 4.69) is 5.32 Å². The number of carbonyl (C=O) groups is 2. The quantitative estimate of drug-likeness (QED) is 0.774. The minimum absolute atomic E-state index is 0.161. The Morgan fingerprint density at radius 1 is 1.35 bits per heavy atom. The van der Waals surface area contributed by atoms with Crippen LogP contribution in [-0.4, -0.2) is 29.8 Å². The van der Waals surface area contributed by atoms with Crippen molar-refractivity contribution >= 4 is 12.1 Å². The Morgan fingerprint density at radius 3 is 2.41 bits per heavy atom. The smallest absolute Gasteiger partial charge is 0.407 e. The molecule has 5 nitrogen and oxygen atoms in total. The second-order valence-electron chi connectivity index (χ2n) is 4.95. The third-order valence-electron chi connectivity index (χ3n) is 3.13. The Bertz CT molecular complexity index is 272. The zero-order valence-electron chi connectivity index (χ0n) is 10.4. The molecule has 98 valence electrons. The standard InChI is InChI=1S/C12H21NO4/c1-8(2)10(11(14)15)13-12(16)17-7-9-5-3-4-6-9/h8-10H,3-7H2,1-2H3,(H,13,16)(H,14,15)/t10-/m0/s1. The molecule has 2 N–H and O–H groups in total. The van der Waals surface area contributed by atoms with E-state index in [1.54, 1.807) is 13.8 Å². The summed E-state index contributed by atoms with van der Waals surface area (Å²) in [5, 5.41) is 11.3. The lowest BCUT2D eigenvalue weighted by atomic mass is 10.1. The normalized spacial score (nSPS) is 18.1. The fourth-order valence-corrected chi connectivity index (χ4v) is 2.05. The number of hydrogen-bond donors (Lipinski definition) is 2. The van der Waals surface area contributed by atoms with E-state index in [0.29, 0.717) is 12.5 Å². The molecule has 0 unspecified atom stereocenters.